The average Bonchev–Trinajstić information content (AvgIpc) is 3.34. The van der Waals surface area contributed by atoms with Crippen molar-refractivity contribution in [3.05, 3.63) is 107 Å². The predicted molar refractivity (Wildman–Crippen MR) is 141 cm³/mol. The second-order valence-electron chi connectivity index (χ2n) is 8.34. The van der Waals surface area contributed by atoms with Gasteiger partial charge in [-0.15, -0.1) is 0 Å². The van der Waals surface area contributed by atoms with Crippen molar-refractivity contribution in [1.29, 1.82) is 0 Å². The molecule has 1 fully saturated rings. The van der Waals surface area contributed by atoms with Crippen molar-refractivity contribution in [3.8, 4) is 11.4 Å². The normalized spacial score (nSPS) is 17.6. The van der Waals surface area contributed by atoms with Crippen LogP contribution in [0, 0.1) is 13.8 Å². The molecule has 0 spiro atoms. The molecule has 1 saturated heterocycles. The van der Waals surface area contributed by atoms with Gasteiger partial charge in [0, 0.05) is 34.0 Å². The molecule has 0 radical (unpaired) electrons. The molecule has 2 aromatic carbocycles. The zero-order valence-electron chi connectivity index (χ0n) is 19.2. The highest BCUT2D eigenvalue weighted by Crippen LogP contribution is 2.44. The van der Waals surface area contributed by atoms with Gasteiger partial charge in [-0.05, 0) is 92.3 Å². The third-order valence-electron chi connectivity index (χ3n) is 6.30. The topological polar surface area (TPSA) is 42.3 Å². The molecule has 3 heterocycles. The van der Waals surface area contributed by atoms with Gasteiger partial charge >= 0.3 is 0 Å². The van der Waals surface area contributed by atoms with Crippen LogP contribution in [0.1, 0.15) is 34.7 Å². The number of thiocarbonyl (C=S) groups is 1. The van der Waals surface area contributed by atoms with Gasteiger partial charge in [0.15, 0.2) is 5.11 Å². The fraction of sp³-hybridized carbons (Fsp3) is 0.185. The van der Waals surface area contributed by atoms with Crippen LogP contribution in [0.15, 0.2) is 79.0 Å². The highest BCUT2D eigenvalue weighted by molar-refractivity contribution is 7.80. The molecule has 34 heavy (non-hydrogen) atoms. The van der Waals surface area contributed by atoms with Crippen LogP contribution in [0.5, 0.6) is 5.75 Å². The van der Waals surface area contributed by atoms with Crippen LogP contribution >= 0.6 is 23.8 Å². The van der Waals surface area contributed by atoms with Crippen molar-refractivity contribution in [2.45, 2.75) is 25.9 Å². The molecule has 2 aromatic heterocycles. The Bertz CT molecular complexity index is 1340. The number of rotatable bonds is 5. The van der Waals surface area contributed by atoms with Gasteiger partial charge in [0.05, 0.1) is 24.9 Å². The van der Waals surface area contributed by atoms with Crippen molar-refractivity contribution in [2.75, 3.05) is 12.0 Å². The Morgan fingerprint density at radius 3 is 2.44 bits per heavy atom. The minimum atomic E-state index is -0.107. The number of pyridine rings is 1. The van der Waals surface area contributed by atoms with E-state index in [-0.39, 0.29) is 12.1 Å². The van der Waals surface area contributed by atoms with Crippen LogP contribution in [0.4, 0.5) is 5.69 Å². The monoisotopic (exact) mass is 488 g/mol. The molecule has 7 heteroatoms. The molecule has 5 nitrogen and oxygen atoms in total. The minimum Gasteiger partial charge on any atom is -0.497 e. The van der Waals surface area contributed by atoms with Gasteiger partial charge in [0.1, 0.15) is 5.75 Å². The fourth-order valence-corrected chi connectivity index (χ4v) is 5.32. The molecule has 0 amide bonds. The maximum atomic E-state index is 6.32. The Labute approximate surface area is 210 Å². The molecule has 1 aliphatic heterocycles. The lowest BCUT2D eigenvalue weighted by atomic mass is 9.96. The number of aromatic nitrogens is 2. The van der Waals surface area contributed by atoms with Crippen molar-refractivity contribution >= 4 is 34.6 Å². The number of benzene rings is 2. The lowest BCUT2D eigenvalue weighted by Gasteiger charge is -2.28. The van der Waals surface area contributed by atoms with Gasteiger partial charge in [-0.1, -0.05) is 23.7 Å². The summed E-state index contributed by atoms with van der Waals surface area (Å²) in [5.74, 6) is 0.804. The van der Waals surface area contributed by atoms with E-state index in [1.54, 1.807) is 7.11 Å². The van der Waals surface area contributed by atoms with Gasteiger partial charge in [-0.2, -0.15) is 0 Å². The third-order valence-corrected chi connectivity index (χ3v) is 6.85. The van der Waals surface area contributed by atoms with Crippen LogP contribution in [0.2, 0.25) is 5.02 Å². The molecule has 2 atom stereocenters. The standard InChI is InChI=1S/C27H25ClN4OS/c1-17-15-23(18(2)31(17)21-8-6-7-19(28)16-21)26-25(24-9-4-5-14-29-24)30-27(34)32(26)20-10-12-22(33-3)13-11-20/h4-16,25-26H,1-3H3,(H,30,34)/t25-,26+/m0/s1. The highest BCUT2D eigenvalue weighted by atomic mass is 35.5. The van der Waals surface area contributed by atoms with Gasteiger partial charge in [-0.3, -0.25) is 4.98 Å². The Morgan fingerprint density at radius 2 is 1.76 bits per heavy atom. The van der Waals surface area contributed by atoms with E-state index in [9.17, 15) is 0 Å². The van der Waals surface area contributed by atoms with Gasteiger partial charge < -0.3 is 19.5 Å². The number of hydrogen-bond donors (Lipinski definition) is 1. The number of halogens is 1. The summed E-state index contributed by atoms with van der Waals surface area (Å²) in [6.07, 6.45) is 1.82. The number of aryl methyl sites for hydroxylation is 1. The van der Waals surface area contributed by atoms with Gasteiger partial charge in [-0.25, -0.2) is 0 Å². The first-order chi connectivity index (χ1) is 16.5. The van der Waals surface area contributed by atoms with Crippen LogP contribution < -0.4 is 15.0 Å². The van der Waals surface area contributed by atoms with Crippen LogP contribution in [-0.2, 0) is 0 Å². The quantitative estimate of drug-likeness (QED) is 0.332. The number of hydrogen-bond acceptors (Lipinski definition) is 3. The second-order valence-corrected chi connectivity index (χ2v) is 9.16. The van der Waals surface area contributed by atoms with Gasteiger partial charge in [0.25, 0.3) is 0 Å². The molecule has 1 N–H and O–H groups in total. The van der Waals surface area contributed by atoms with E-state index in [1.165, 1.54) is 5.56 Å². The van der Waals surface area contributed by atoms with Crippen LogP contribution in [0.3, 0.4) is 0 Å². The van der Waals surface area contributed by atoms with E-state index in [0.717, 1.165) is 34.2 Å². The van der Waals surface area contributed by atoms with E-state index >= 15 is 0 Å². The molecule has 1 aliphatic rings. The summed E-state index contributed by atoms with van der Waals surface area (Å²) in [6.45, 7) is 4.26. The van der Waals surface area contributed by atoms with Crippen molar-refractivity contribution in [2.24, 2.45) is 0 Å². The largest absolute Gasteiger partial charge is 0.497 e. The first-order valence-corrected chi connectivity index (χ1v) is 11.9. The number of nitrogens with zero attached hydrogens (tertiary/aromatic N) is 3. The summed E-state index contributed by atoms with van der Waals surface area (Å²) in [6, 6.07) is 23.9. The zero-order chi connectivity index (χ0) is 23.8. The molecular weight excluding hydrogens is 464 g/mol. The summed E-state index contributed by atoms with van der Waals surface area (Å²) in [7, 11) is 1.67. The molecular formula is C27H25ClN4OS. The minimum absolute atomic E-state index is 0.0880. The Morgan fingerprint density at radius 1 is 0.971 bits per heavy atom. The maximum Gasteiger partial charge on any atom is 0.174 e. The Kier molecular flexibility index (Phi) is 6.02. The first-order valence-electron chi connectivity index (χ1n) is 11.1. The SMILES string of the molecule is COc1ccc(N2C(=S)N[C@@H](c3ccccn3)[C@H]2c2cc(C)n(-c3cccc(Cl)c3)c2C)cc1. The van der Waals surface area contributed by atoms with E-state index in [2.05, 4.69) is 45.7 Å². The van der Waals surface area contributed by atoms with E-state index in [1.807, 2.05) is 66.9 Å². The molecule has 0 unspecified atom stereocenters. The molecule has 0 saturated carbocycles. The molecule has 172 valence electrons. The second kappa shape index (κ2) is 9.12. The van der Waals surface area contributed by atoms with Crippen molar-refractivity contribution < 1.29 is 4.74 Å². The highest BCUT2D eigenvalue weighted by Gasteiger charge is 2.42. The number of methoxy groups -OCH3 is 1. The molecule has 4 aromatic rings. The summed E-state index contributed by atoms with van der Waals surface area (Å²) in [5.41, 5.74) is 6.41. The summed E-state index contributed by atoms with van der Waals surface area (Å²) < 4.78 is 7.61. The number of nitrogens with one attached hydrogen (secondary N) is 1. The van der Waals surface area contributed by atoms with E-state index in [0.29, 0.717) is 10.1 Å². The Balaban J connectivity index is 1.67. The Hall–Kier alpha value is -3.35. The van der Waals surface area contributed by atoms with Crippen LogP contribution in [-0.4, -0.2) is 21.8 Å². The lowest BCUT2D eigenvalue weighted by Crippen LogP contribution is -2.29. The summed E-state index contributed by atoms with van der Waals surface area (Å²) in [4.78, 5) is 6.84. The molecule has 5 rings (SSSR count). The molecule has 0 bridgehead atoms. The third kappa shape index (κ3) is 3.93. The zero-order valence-corrected chi connectivity index (χ0v) is 20.8. The van der Waals surface area contributed by atoms with E-state index < -0.39 is 0 Å². The fourth-order valence-electron chi connectivity index (χ4n) is 4.79. The summed E-state index contributed by atoms with van der Waals surface area (Å²) >= 11 is 12.2. The lowest BCUT2D eigenvalue weighted by molar-refractivity contribution is 0.415. The van der Waals surface area contributed by atoms with Crippen LogP contribution in [0.25, 0.3) is 5.69 Å². The van der Waals surface area contributed by atoms with Crippen molar-refractivity contribution in [1.82, 2.24) is 14.9 Å². The maximum absolute atomic E-state index is 6.32. The first kappa shape index (κ1) is 22.4. The van der Waals surface area contributed by atoms with Gasteiger partial charge in [0.2, 0.25) is 0 Å². The number of ether oxygens (including phenoxy) is 1. The smallest absolute Gasteiger partial charge is 0.174 e. The predicted octanol–water partition coefficient (Wildman–Crippen LogP) is 6.33. The van der Waals surface area contributed by atoms with E-state index in [4.69, 9.17) is 28.6 Å². The molecule has 0 aliphatic carbocycles. The summed E-state index contributed by atoms with van der Waals surface area (Å²) in [5, 5.41) is 4.91. The van der Waals surface area contributed by atoms with Crippen molar-refractivity contribution in [3.63, 3.8) is 0 Å². The average molecular weight is 489 g/mol. The number of anilines is 1.